The molecule has 0 aliphatic carbocycles. The van der Waals surface area contributed by atoms with Crippen molar-refractivity contribution >= 4 is 5.69 Å². The summed E-state index contributed by atoms with van der Waals surface area (Å²) in [6.45, 7) is 2.00. The second-order valence-corrected chi connectivity index (χ2v) is 4.22. The van der Waals surface area contributed by atoms with Gasteiger partial charge in [0.2, 0.25) is 0 Å². The van der Waals surface area contributed by atoms with Gasteiger partial charge < -0.3 is 5.32 Å². The molecule has 96 valence electrons. The van der Waals surface area contributed by atoms with Crippen molar-refractivity contribution in [3.05, 3.63) is 59.9 Å². The van der Waals surface area contributed by atoms with E-state index in [4.69, 9.17) is 10.5 Å². The highest BCUT2D eigenvalue weighted by Crippen LogP contribution is 2.19. The van der Waals surface area contributed by atoms with Crippen LogP contribution in [-0.4, -0.2) is 4.98 Å². The lowest BCUT2D eigenvalue weighted by Gasteiger charge is -2.04. The van der Waals surface area contributed by atoms with E-state index < -0.39 is 0 Å². The van der Waals surface area contributed by atoms with Gasteiger partial charge in [0.15, 0.2) is 0 Å². The van der Waals surface area contributed by atoms with Gasteiger partial charge in [0.1, 0.15) is 17.7 Å². The van der Waals surface area contributed by atoms with Crippen LogP contribution in [0.3, 0.4) is 0 Å². The molecule has 0 aliphatic rings. The second-order valence-electron chi connectivity index (χ2n) is 4.22. The van der Waals surface area contributed by atoms with Crippen LogP contribution in [0.5, 0.6) is 0 Å². The van der Waals surface area contributed by atoms with Crippen molar-refractivity contribution in [3.8, 4) is 23.4 Å². The Morgan fingerprint density at radius 3 is 2.35 bits per heavy atom. The standard InChI is InChI=1S/C16H12N4/c1-12-2-7-16(20-10-12)14-3-5-15(6-4-14)19-11-13(8-17)9-18/h2-7,10-11,19H,1H3. The minimum absolute atomic E-state index is 0.0364. The summed E-state index contributed by atoms with van der Waals surface area (Å²) in [5, 5.41) is 20.2. The van der Waals surface area contributed by atoms with Crippen molar-refractivity contribution in [2.45, 2.75) is 6.92 Å². The topological polar surface area (TPSA) is 72.5 Å². The number of aromatic nitrogens is 1. The molecule has 1 aromatic heterocycles. The van der Waals surface area contributed by atoms with Crippen LogP contribution in [0.15, 0.2) is 54.4 Å². The number of benzene rings is 1. The lowest BCUT2D eigenvalue weighted by molar-refractivity contribution is 1.27. The van der Waals surface area contributed by atoms with Gasteiger partial charge in [-0.05, 0) is 30.7 Å². The van der Waals surface area contributed by atoms with E-state index >= 15 is 0 Å². The Hall–Kier alpha value is -3.11. The Morgan fingerprint density at radius 1 is 1.10 bits per heavy atom. The van der Waals surface area contributed by atoms with Crippen molar-refractivity contribution < 1.29 is 0 Å². The smallest absolute Gasteiger partial charge is 0.145 e. The first-order valence-electron chi connectivity index (χ1n) is 6.03. The molecule has 1 N–H and O–H groups in total. The van der Waals surface area contributed by atoms with Crippen LogP contribution < -0.4 is 5.32 Å². The first-order chi connectivity index (χ1) is 9.72. The van der Waals surface area contributed by atoms with E-state index in [9.17, 15) is 0 Å². The molecular formula is C16H12N4. The van der Waals surface area contributed by atoms with Crippen molar-refractivity contribution in [1.82, 2.24) is 4.98 Å². The number of hydrogen-bond acceptors (Lipinski definition) is 4. The SMILES string of the molecule is Cc1ccc(-c2ccc(NC=C(C#N)C#N)cc2)nc1. The van der Waals surface area contributed by atoms with Gasteiger partial charge in [-0.15, -0.1) is 0 Å². The zero-order chi connectivity index (χ0) is 14.4. The van der Waals surface area contributed by atoms with Crippen molar-refractivity contribution in [2.75, 3.05) is 5.32 Å². The minimum Gasteiger partial charge on any atom is -0.360 e. The van der Waals surface area contributed by atoms with E-state index in [1.54, 1.807) is 12.1 Å². The van der Waals surface area contributed by atoms with Gasteiger partial charge in [-0.3, -0.25) is 4.98 Å². The maximum Gasteiger partial charge on any atom is 0.145 e. The molecule has 1 heterocycles. The van der Waals surface area contributed by atoms with E-state index in [1.165, 1.54) is 6.20 Å². The molecule has 0 radical (unpaired) electrons. The van der Waals surface area contributed by atoms with E-state index in [0.29, 0.717) is 0 Å². The summed E-state index contributed by atoms with van der Waals surface area (Å²) in [6, 6.07) is 15.2. The molecule has 2 rings (SSSR count). The molecular weight excluding hydrogens is 248 g/mol. The Bertz CT molecular complexity index is 682. The van der Waals surface area contributed by atoms with Gasteiger partial charge in [-0.1, -0.05) is 18.2 Å². The van der Waals surface area contributed by atoms with E-state index in [2.05, 4.69) is 10.3 Å². The predicted octanol–water partition coefficient (Wildman–Crippen LogP) is 3.40. The average Bonchev–Trinajstić information content (AvgIpc) is 2.50. The molecule has 0 atom stereocenters. The van der Waals surface area contributed by atoms with E-state index in [0.717, 1.165) is 22.5 Å². The monoisotopic (exact) mass is 260 g/mol. The van der Waals surface area contributed by atoms with Gasteiger partial charge in [-0.2, -0.15) is 10.5 Å². The number of anilines is 1. The largest absolute Gasteiger partial charge is 0.360 e. The summed E-state index contributed by atoms with van der Waals surface area (Å²) < 4.78 is 0. The summed E-state index contributed by atoms with van der Waals surface area (Å²) in [5.74, 6) is 0. The van der Waals surface area contributed by atoms with Crippen molar-refractivity contribution in [1.29, 1.82) is 10.5 Å². The molecule has 0 saturated heterocycles. The van der Waals surface area contributed by atoms with Crippen LogP contribution in [0, 0.1) is 29.6 Å². The average molecular weight is 260 g/mol. The quantitative estimate of drug-likeness (QED) is 0.858. The van der Waals surface area contributed by atoms with Crippen molar-refractivity contribution in [3.63, 3.8) is 0 Å². The summed E-state index contributed by atoms with van der Waals surface area (Å²) >= 11 is 0. The third kappa shape index (κ3) is 3.22. The number of nitriles is 2. The van der Waals surface area contributed by atoms with Crippen LogP contribution in [0.4, 0.5) is 5.69 Å². The third-order valence-corrected chi connectivity index (χ3v) is 2.72. The number of hydrogen-bond donors (Lipinski definition) is 1. The van der Waals surface area contributed by atoms with Crippen LogP contribution in [0.25, 0.3) is 11.3 Å². The normalized spacial score (nSPS) is 9.15. The fourth-order valence-electron chi connectivity index (χ4n) is 1.62. The first kappa shape index (κ1) is 13.3. The molecule has 0 amide bonds. The fourth-order valence-corrected chi connectivity index (χ4v) is 1.62. The fraction of sp³-hybridized carbons (Fsp3) is 0.0625. The molecule has 0 unspecified atom stereocenters. The molecule has 4 nitrogen and oxygen atoms in total. The molecule has 0 bridgehead atoms. The number of nitrogens with one attached hydrogen (secondary N) is 1. The zero-order valence-corrected chi connectivity index (χ0v) is 11.0. The Kier molecular flexibility index (Phi) is 4.11. The Labute approximate surface area is 117 Å². The van der Waals surface area contributed by atoms with Crippen LogP contribution >= 0.6 is 0 Å². The summed E-state index contributed by atoms with van der Waals surface area (Å²) in [7, 11) is 0. The summed E-state index contributed by atoms with van der Waals surface area (Å²) in [5.41, 5.74) is 3.89. The molecule has 4 heteroatoms. The first-order valence-corrected chi connectivity index (χ1v) is 6.03. The summed E-state index contributed by atoms with van der Waals surface area (Å²) in [4.78, 5) is 4.36. The van der Waals surface area contributed by atoms with E-state index in [1.807, 2.05) is 49.5 Å². The number of aryl methyl sites for hydroxylation is 1. The van der Waals surface area contributed by atoms with Gasteiger partial charge >= 0.3 is 0 Å². The highest BCUT2D eigenvalue weighted by atomic mass is 14.8. The van der Waals surface area contributed by atoms with E-state index in [-0.39, 0.29) is 5.57 Å². The molecule has 20 heavy (non-hydrogen) atoms. The number of nitrogens with zero attached hydrogens (tertiary/aromatic N) is 3. The molecule has 0 aliphatic heterocycles. The van der Waals surface area contributed by atoms with Crippen LogP contribution in [0.2, 0.25) is 0 Å². The lowest BCUT2D eigenvalue weighted by Crippen LogP contribution is -1.90. The molecule has 1 aromatic carbocycles. The maximum absolute atomic E-state index is 8.63. The lowest BCUT2D eigenvalue weighted by atomic mass is 10.1. The number of allylic oxidation sites excluding steroid dienone is 1. The number of rotatable bonds is 3. The molecule has 0 spiro atoms. The van der Waals surface area contributed by atoms with Crippen molar-refractivity contribution in [2.24, 2.45) is 0 Å². The van der Waals surface area contributed by atoms with Crippen LogP contribution in [0.1, 0.15) is 5.56 Å². The minimum atomic E-state index is 0.0364. The molecule has 0 fully saturated rings. The summed E-state index contributed by atoms with van der Waals surface area (Å²) in [6.07, 6.45) is 3.22. The van der Waals surface area contributed by atoms with Gasteiger partial charge in [0.25, 0.3) is 0 Å². The highest BCUT2D eigenvalue weighted by Gasteiger charge is 1.99. The van der Waals surface area contributed by atoms with Gasteiger partial charge in [0.05, 0.1) is 5.69 Å². The van der Waals surface area contributed by atoms with Crippen LogP contribution in [-0.2, 0) is 0 Å². The second kappa shape index (κ2) is 6.17. The Morgan fingerprint density at radius 2 is 1.80 bits per heavy atom. The zero-order valence-electron chi connectivity index (χ0n) is 11.0. The Balaban J connectivity index is 2.15. The molecule has 2 aromatic rings. The van der Waals surface area contributed by atoms with Gasteiger partial charge in [-0.25, -0.2) is 0 Å². The number of pyridine rings is 1. The third-order valence-electron chi connectivity index (χ3n) is 2.72. The molecule has 0 saturated carbocycles. The maximum atomic E-state index is 8.63. The highest BCUT2D eigenvalue weighted by molar-refractivity contribution is 5.63. The predicted molar refractivity (Wildman–Crippen MR) is 77.3 cm³/mol. The van der Waals surface area contributed by atoms with Gasteiger partial charge in [0, 0.05) is 23.6 Å².